The number of hydrogen-bond acceptors (Lipinski definition) is 8. The van der Waals surface area contributed by atoms with E-state index in [1.807, 2.05) is 43.3 Å². The third kappa shape index (κ3) is 5.68. The molecular weight excluding hydrogens is 526 g/mol. The number of thiophene rings is 1. The summed E-state index contributed by atoms with van der Waals surface area (Å²) in [7, 11) is -2.28. The number of hydrogen-bond donors (Lipinski definition) is 3. The lowest BCUT2D eigenvalue weighted by Crippen LogP contribution is -2.51. The lowest BCUT2D eigenvalue weighted by atomic mass is 10.1. The van der Waals surface area contributed by atoms with E-state index in [1.54, 1.807) is 30.0 Å². The average molecular weight is 556 g/mol. The SMILES string of the molecule is COc1cccc2c1c(NS(=O)(=O)c1ccc(C)s1)nn2Cc1cccc(CNC(=O)[C@H]2COCCN2)c1. The van der Waals surface area contributed by atoms with Gasteiger partial charge in [0.15, 0.2) is 5.82 Å². The summed E-state index contributed by atoms with van der Waals surface area (Å²) in [5.74, 6) is 0.623. The van der Waals surface area contributed by atoms with Gasteiger partial charge in [-0.25, -0.2) is 8.42 Å². The maximum Gasteiger partial charge on any atom is 0.272 e. The van der Waals surface area contributed by atoms with Crippen molar-refractivity contribution < 1.29 is 22.7 Å². The van der Waals surface area contributed by atoms with Crippen LogP contribution < -0.4 is 20.1 Å². The van der Waals surface area contributed by atoms with Crippen LogP contribution in [0.4, 0.5) is 5.82 Å². The normalized spacial score (nSPS) is 15.9. The number of nitrogens with one attached hydrogen (secondary N) is 3. The molecule has 0 spiro atoms. The monoisotopic (exact) mass is 555 g/mol. The van der Waals surface area contributed by atoms with Crippen molar-refractivity contribution >= 4 is 44.0 Å². The molecule has 2 aromatic carbocycles. The molecule has 0 radical (unpaired) electrons. The average Bonchev–Trinajstić information content (AvgIpc) is 3.52. The minimum atomic E-state index is -3.82. The van der Waals surface area contributed by atoms with Crippen molar-refractivity contribution in [3.8, 4) is 5.75 Å². The van der Waals surface area contributed by atoms with Gasteiger partial charge in [-0.05, 0) is 42.3 Å². The van der Waals surface area contributed by atoms with Crippen molar-refractivity contribution in [3.05, 3.63) is 70.6 Å². The zero-order valence-electron chi connectivity index (χ0n) is 21.1. The summed E-state index contributed by atoms with van der Waals surface area (Å²) in [6.45, 7) is 4.25. The summed E-state index contributed by atoms with van der Waals surface area (Å²) in [5, 5.41) is 11.3. The molecule has 10 nitrogen and oxygen atoms in total. The van der Waals surface area contributed by atoms with E-state index in [-0.39, 0.29) is 22.0 Å². The number of anilines is 1. The number of carbonyl (C=O) groups excluding carboxylic acids is 1. The number of morpholine rings is 1. The van der Waals surface area contributed by atoms with Gasteiger partial charge in [-0.3, -0.25) is 14.2 Å². The second-order valence-electron chi connectivity index (χ2n) is 8.95. The van der Waals surface area contributed by atoms with Crippen LogP contribution in [-0.2, 0) is 32.6 Å². The number of sulfonamides is 1. The van der Waals surface area contributed by atoms with Gasteiger partial charge in [-0.2, -0.15) is 5.10 Å². The molecule has 1 aliphatic rings. The Labute approximate surface area is 225 Å². The van der Waals surface area contributed by atoms with Gasteiger partial charge in [0.1, 0.15) is 16.0 Å². The number of amides is 1. The molecule has 1 atom stereocenters. The summed E-state index contributed by atoms with van der Waals surface area (Å²) < 4.78 is 41.7. The number of nitrogens with zero attached hydrogens (tertiary/aromatic N) is 2. The molecule has 2 aromatic heterocycles. The zero-order chi connectivity index (χ0) is 26.7. The van der Waals surface area contributed by atoms with Gasteiger partial charge >= 0.3 is 0 Å². The Hall–Kier alpha value is -3.45. The van der Waals surface area contributed by atoms with Gasteiger partial charge in [0, 0.05) is 18.0 Å². The molecule has 5 rings (SSSR count). The Morgan fingerprint density at radius 3 is 2.76 bits per heavy atom. The van der Waals surface area contributed by atoms with E-state index < -0.39 is 10.0 Å². The first-order valence-corrected chi connectivity index (χ1v) is 14.4. The fraction of sp³-hybridized carbons (Fsp3) is 0.308. The second kappa shape index (κ2) is 11.1. The Balaban J connectivity index is 1.39. The Kier molecular flexibility index (Phi) is 7.65. The van der Waals surface area contributed by atoms with Crippen LogP contribution in [-0.4, -0.2) is 57.0 Å². The predicted molar refractivity (Wildman–Crippen MR) is 146 cm³/mol. The van der Waals surface area contributed by atoms with Crippen LogP contribution in [0, 0.1) is 6.92 Å². The number of aryl methyl sites for hydroxylation is 1. The molecule has 3 N–H and O–H groups in total. The third-order valence-electron chi connectivity index (χ3n) is 6.20. The van der Waals surface area contributed by atoms with Crippen molar-refractivity contribution in [1.29, 1.82) is 0 Å². The van der Waals surface area contributed by atoms with E-state index in [0.29, 0.717) is 44.0 Å². The van der Waals surface area contributed by atoms with E-state index in [1.165, 1.54) is 11.3 Å². The van der Waals surface area contributed by atoms with E-state index >= 15 is 0 Å². The van der Waals surface area contributed by atoms with Crippen LogP contribution >= 0.6 is 11.3 Å². The van der Waals surface area contributed by atoms with Crippen molar-refractivity contribution in [3.63, 3.8) is 0 Å². The lowest BCUT2D eigenvalue weighted by molar-refractivity contribution is -0.126. The smallest absolute Gasteiger partial charge is 0.272 e. The molecule has 0 bridgehead atoms. The number of fused-ring (bicyclic) bond motifs is 1. The number of rotatable bonds is 9. The minimum Gasteiger partial charge on any atom is -0.496 e. The topological polar surface area (TPSA) is 124 Å². The van der Waals surface area contributed by atoms with Crippen LogP contribution in [0.1, 0.15) is 16.0 Å². The summed E-state index contributed by atoms with van der Waals surface area (Å²) >= 11 is 1.20. The number of aromatic nitrogens is 2. The highest BCUT2D eigenvalue weighted by atomic mass is 32.2. The van der Waals surface area contributed by atoms with Gasteiger partial charge in [-0.15, -0.1) is 11.3 Å². The standard InChI is InChI=1S/C26H29N5O5S2/c1-17-9-10-23(37-17)38(33,34)30-25-24-21(7-4-8-22(24)35-2)31(29-25)15-19-6-3-5-18(13-19)14-28-26(32)20-16-36-12-11-27-20/h3-10,13,20,27H,11-12,14-16H2,1-2H3,(H,28,32)(H,29,30)/t20-/m1/s1. The quantitative estimate of drug-likeness (QED) is 0.290. The van der Waals surface area contributed by atoms with E-state index in [0.717, 1.165) is 21.5 Å². The first kappa shape index (κ1) is 26.2. The highest BCUT2D eigenvalue weighted by Gasteiger charge is 2.23. The molecule has 0 saturated carbocycles. The molecule has 38 heavy (non-hydrogen) atoms. The molecule has 1 fully saturated rings. The van der Waals surface area contributed by atoms with Gasteiger partial charge in [0.05, 0.1) is 37.8 Å². The third-order valence-corrected chi connectivity index (χ3v) is 9.03. The maximum absolute atomic E-state index is 13.1. The lowest BCUT2D eigenvalue weighted by Gasteiger charge is -2.22. The fourth-order valence-electron chi connectivity index (χ4n) is 4.35. The molecule has 1 amide bonds. The van der Waals surface area contributed by atoms with E-state index in [9.17, 15) is 13.2 Å². The van der Waals surface area contributed by atoms with Crippen molar-refractivity contribution in [2.24, 2.45) is 0 Å². The molecular formula is C26H29N5O5S2. The Morgan fingerprint density at radius 1 is 1.21 bits per heavy atom. The molecule has 0 unspecified atom stereocenters. The molecule has 200 valence electrons. The first-order chi connectivity index (χ1) is 18.3. The zero-order valence-corrected chi connectivity index (χ0v) is 22.7. The van der Waals surface area contributed by atoms with Crippen LogP contribution in [0.3, 0.4) is 0 Å². The number of benzene rings is 2. The van der Waals surface area contributed by atoms with E-state index in [2.05, 4.69) is 20.5 Å². The summed E-state index contributed by atoms with van der Waals surface area (Å²) in [4.78, 5) is 13.3. The molecule has 1 aliphatic heterocycles. The Bertz CT molecular complexity index is 1560. The van der Waals surface area contributed by atoms with Gasteiger partial charge in [0.25, 0.3) is 10.0 Å². The van der Waals surface area contributed by atoms with Crippen LogP contribution in [0.25, 0.3) is 10.9 Å². The van der Waals surface area contributed by atoms with Gasteiger partial charge in [0.2, 0.25) is 5.91 Å². The predicted octanol–water partition coefficient (Wildman–Crippen LogP) is 2.87. The maximum atomic E-state index is 13.1. The Morgan fingerprint density at radius 2 is 2.03 bits per heavy atom. The van der Waals surface area contributed by atoms with Gasteiger partial charge in [-0.1, -0.05) is 30.3 Å². The summed E-state index contributed by atoms with van der Waals surface area (Å²) in [5.41, 5.74) is 2.62. The fourth-order valence-corrected chi connectivity index (χ4v) is 6.64. The number of ether oxygens (including phenoxy) is 2. The van der Waals surface area contributed by atoms with Crippen molar-refractivity contribution in [1.82, 2.24) is 20.4 Å². The molecule has 1 saturated heterocycles. The molecule has 4 aromatic rings. The summed E-state index contributed by atoms with van der Waals surface area (Å²) in [6, 6.07) is 16.3. The van der Waals surface area contributed by atoms with Crippen LogP contribution in [0.5, 0.6) is 5.75 Å². The van der Waals surface area contributed by atoms with E-state index in [4.69, 9.17) is 9.47 Å². The highest BCUT2D eigenvalue weighted by molar-refractivity contribution is 7.94. The number of carbonyl (C=O) groups is 1. The van der Waals surface area contributed by atoms with Crippen LogP contribution in [0.15, 0.2) is 58.8 Å². The minimum absolute atomic E-state index is 0.0990. The molecule has 3 heterocycles. The van der Waals surface area contributed by atoms with Crippen molar-refractivity contribution in [2.75, 3.05) is 31.6 Å². The molecule has 0 aliphatic carbocycles. The van der Waals surface area contributed by atoms with Crippen molar-refractivity contribution in [2.45, 2.75) is 30.3 Å². The highest BCUT2D eigenvalue weighted by Crippen LogP contribution is 2.34. The largest absolute Gasteiger partial charge is 0.496 e. The molecule has 12 heteroatoms. The number of methoxy groups -OCH3 is 1. The van der Waals surface area contributed by atoms with Crippen LogP contribution in [0.2, 0.25) is 0 Å². The first-order valence-electron chi connectivity index (χ1n) is 12.1. The second-order valence-corrected chi connectivity index (χ2v) is 12.1. The summed E-state index contributed by atoms with van der Waals surface area (Å²) in [6.07, 6.45) is 0. The van der Waals surface area contributed by atoms with Gasteiger partial charge < -0.3 is 20.1 Å².